The molecule has 22 heavy (non-hydrogen) atoms. The van der Waals surface area contributed by atoms with Gasteiger partial charge in [0, 0.05) is 22.2 Å². The number of hydrogen-bond donors (Lipinski definition) is 1. The van der Waals surface area contributed by atoms with E-state index in [0.29, 0.717) is 16.6 Å². The normalized spacial score (nSPS) is 10.5. The fraction of sp³-hybridized carbons (Fsp3) is 0.294. The molecule has 118 valence electrons. The van der Waals surface area contributed by atoms with Gasteiger partial charge in [0.25, 0.3) is 0 Å². The van der Waals surface area contributed by atoms with Gasteiger partial charge >= 0.3 is 0 Å². The van der Waals surface area contributed by atoms with E-state index in [4.69, 9.17) is 32.7 Å². The summed E-state index contributed by atoms with van der Waals surface area (Å²) in [5, 5.41) is 4.75. The van der Waals surface area contributed by atoms with Crippen LogP contribution in [0.5, 0.6) is 11.5 Å². The highest BCUT2D eigenvalue weighted by atomic mass is 35.5. The minimum absolute atomic E-state index is 0.655. The predicted octanol–water partition coefficient (Wildman–Crippen LogP) is 4.34. The van der Waals surface area contributed by atoms with E-state index in [1.165, 1.54) is 0 Å². The minimum Gasteiger partial charge on any atom is -0.497 e. The Balaban J connectivity index is 1.91. The van der Waals surface area contributed by atoms with Crippen LogP contribution in [0.3, 0.4) is 0 Å². The summed E-state index contributed by atoms with van der Waals surface area (Å²) < 4.78 is 10.6. The summed E-state index contributed by atoms with van der Waals surface area (Å²) in [6.07, 6.45) is 0.836. The topological polar surface area (TPSA) is 30.5 Å². The molecular weight excluding hydrogens is 321 g/mol. The molecule has 0 saturated carbocycles. The lowest BCUT2D eigenvalue weighted by Gasteiger charge is -2.12. The Morgan fingerprint density at radius 3 is 2.45 bits per heavy atom. The number of nitrogens with one attached hydrogen (secondary N) is 1. The van der Waals surface area contributed by atoms with Gasteiger partial charge in [0.2, 0.25) is 0 Å². The maximum atomic E-state index is 6.16. The molecular formula is C17H19Cl2NO2. The second-order valence-corrected chi connectivity index (χ2v) is 5.68. The van der Waals surface area contributed by atoms with Crippen molar-refractivity contribution in [2.45, 2.75) is 13.0 Å². The Morgan fingerprint density at radius 2 is 1.77 bits per heavy atom. The van der Waals surface area contributed by atoms with Crippen molar-refractivity contribution >= 4 is 23.2 Å². The SMILES string of the molecule is COc1ccc(OC)c(CNCCc2ccc(Cl)cc2Cl)c1. The van der Waals surface area contributed by atoms with Crippen LogP contribution < -0.4 is 14.8 Å². The zero-order chi connectivity index (χ0) is 15.9. The lowest BCUT2D eigenvalue weighted by molar-refractivity contribution is 0.397. The first-order chi connectivity index (χ1) is 10.6. The standard InChI is InChI=1S/C17H19Cl2NO2/c1-21-15-5-6-17(22-2)13(9-15)11-20-8-7-12-3-4-14(18)10-16(12)19/h3-6,9-10,20H,7-8,11H2,1-2H3. The molecule has 3 nitrogen and oxygen atoms in total. The third-order valence-corrected chi connectivity index (χ3v) is 3.98. The molecule has 0 aromatic heterocycles. The Morgan fingerprint density at radius 1 is 0.955 bits per heavy atom. The van der Waals surface area contributed by atoms with Crippen LogP contribution in [-0.4, -0.2) is 20.8 Å². The first-order valence-electron chi connectivity index (χ1n) is 6.99. The van der Waals surface area contributed by atoms with Gasteiger partial charge in [-0.05, 0) is 48.9 Å². The first kappa shape index (κ1) is 16.9. The molecule has 0 aliphatic carbocycles. The second-order valence-electron chi connectivity index (χ2n) is 4.84. The number of halogens is 2. The maximum absolute atomic E-state index is 6.16. The van der Waals surface area contributed by atoms with E-state index in [0.717, 1.165) is 35.6 Å². The van der Waals surface area contributed by atoms with Crippen molar-refractivity contribution in [2.24, 2.45) is 0 Å². The van der Waals surface area contributed by atoms with Crippen molar-refractivity contribution in [3.63, 3.8) is 0 Å². The molecule has 0 radical (unpaired) electrons. The van der Waals surface area contributed by atoms with E-state index in [2.05, 4.69) is 5.32 Å². The van der Waals surface area contributed by atoms with Gasteiger partial charge in [-0.3, -0.25) is 0 Å². The molecule has 0 unspecified atom stereocenters. The monoisotopic (exact) mass is 339 g/mol. The number of methoxy groups -OCH3 is 2. The molecule has 5 heteroatoms. The van der Waals surface area contributed by atoms with Gasteiger partial charge in [-0.25, -0.2) is 0 Å². The number of ether oxygens (including phenoxy) is 2. The Labute approximate surface area is 141 Å². The average molecular weight is 340 g/mol. The van der Waals surface area contributed by atoms with E-state index < -0.39 is 0 Å². The molecule has 0 bridgehead atoms. The van der Waals surface area contributed by atoms with Crippen molar-refractivity contribution in [2.75, 3.05) is 20.8 Å². The van der Waals surface area contributed by atoms with E-state index in [1.54, 1.807) is 20.3 Å². The highest BCUT2D eigenvalue weighted by molar-refractivity contribution is 6.35. The smallest absolute Gasteiger partial charge is 0.123 e. The molecule has 0 heterocycles. The van der Waals surface area contributed by atoms with Gasteiger partial charge in [-0.15, -0.1) is 0 Å². The molecule has 1 N–H and O–H groups in total. The van der Waals surface area contributed by atoms with Crippen LogP contribution in [-0.2, 0) is 13.0 Å². The molecule has 0 fully saturated rings. The Bertz CT molecular complexity index is 632. The molecule has 2 aromatic rings. The van der Waals surface area contributed by atoms with Gasteiger partial charge in [0.15, 0.2) is 0 Å². The summed E-state index contributed by atoms with van der Waals surface area (Å²) in [6.45, 7) is 1.51. The number of hydrogen-bond acceptors (Lipinski definition) is 3. The van der Waals surface area contributed by atoms with Crippen LogP contribution in [0.15, 0.2) is 36.4 Å². The molecule has 0 amide bonds. The fourth-order valence-electron chi connectivity index (χ4n) is 2.19. The zero-order valence-corrected chi connectivity index (χ0v) is 14.2. The second kappa shape index (κ2) is 8.28. The molecule has 2 rings (SSSR count). The van der Waals surface area contributed by atoms with Crippen molar-refractivity contribution in [3.8, 4) is 11.5 Å². The third kappa shape index (κ3) is 4.54. The largest absolute Gasteiger partial charge is 0.497 e. The van der Waals surface area contributed by atoms with Crippen molar-refractivity contribution in [1.29, 1.82) is 0 Å². The minimum atomic E-state index is 0.655. The van der Waals surface area contributed by atoms with Crippen LogP contribution in [0.4, 0.5) is 0 Å². The van der Waals surface area contributed by atoms with Crippen molar-refractivity contribution < 1.29 is 9.47 Å². The highest BCUT2D eigenvalue weighted by Crippen LogP contribution is 2.24. The van der Waals surface area contributed by atoms with Crippen LogP contribution in [0.2, 0.25) is 10.0 Å². The van der Waals surface area contributed by atoms with Crippen molar-refractivity contribution in [3.05, 3.63) is 57.6 Å². The van der Waals surface area contributed by atoms with E-state index in [1.807, 2.05) is 30.3 Å². The summed E-state index contributed by atoms with van der Waals surface area (Å²) >= 11 is 12.1. The van der Waals surface area contributed by atoms with Crippen LogP contribution >= 0.6 is 23.2 Å². The van der Waals surface area contributed by atoms with Crippen LogP contribution in [0.25, 0.3) is 0 Å². The molecule has 0 aliphatic heterocycles. The molecule has 0 saturated heterocycles. The molecule has 0 atom stereocenters. The lowest BCUT2D eigenvalue weighted by Crippen LogP contribution is -2.17. The average Bonchev–Trinajstić information content (AvgIpc) is 2.53. The van der Waals surface area contributed by atoms with Gasteiger partial charge in [0.05, 0.1) is 14.2 Å². The number of benzene rings is 2. The van der Waals surface area contributed by atoms with E-state index in [9.17, 15) is 0 Å². The van der Waals surface area contributed by atoms with E-state index in [-0.39, 0.29) is 0 Å². The fourth-order valence-corrected chi connectivity index (χ4v) is 2.69. The maximum Gasteiger partial charge on any atom is 0.123 e. The summed E-state index contributed by atoms with van der Waals surface area (Å²) in [5.74, 6) is 1.66. The van der Waals surface area contributed by atoms with Gasteiger partial charge in [0.1, 0.15) is 11.5 Å². The molecule has 0 spiro atoms. The van der Waals surface area contributed by atoms with Gasteiger partial charge in [-0.1, -0.05) is 29.3 Å². The Hall–Kier alpha value is -1.42. The predicted molar refractivity (Wildman–Crippen MR) is 91.4 cm³/mol. The lowest BCUT2D eigenvalue weighted by atomic mass is 10.1. The van der Waals surface area contributed by atoms with E-state index >= 15 is 0 Å². The third-order valence-electron chi connectivity index (χ3n) is 3.39. The summed E-state index contributed by atoms with van der Waals surface area (Å²) in [5.41, 5.74) is 2.14. The van der Waals surface area contributed by atoms with Crippen LogP contribution in [0.1, 0.15) is 11.1 Å². The summed E-state index contributed by atoms with van der Waals surface area (Å²) in [4.78, 5) is 0. The Kier molecular flexibility index (Phi) is 6.37. The molecule has 2 aromatic carbocycles. The number of rotatable bonds is 7. The van der Waals surface area contributed by atoms with Gasteiger partial charge < -0.3 is 14.8 Å². The highest BCUT2D eigenvalue weighted by Gasteiger charge is 2.05. The zero-order valence-electron chi connectivity index (χ0n) is 12.7. The summed E-state index contributed by atoms with van der Waals surface area (Å²) in [7, 11) is 3.32. The van der Waals surface area contributed by atoms with Gasteiger partial charge in [-0.2, -0.15) is 0 Å². The molecule has 0 aliphatic rings. The first-order valence-corrected chi connectivity index (χ1v) is 7.75. The van der Waals surface area contributed by atoms with Crippen LogP contribution in [0, 0.1) is 0 Å². The summed E-state index contributed by atoms with van der Waals surface area (Å²) in [6, 6.07) is 11.3. The van der Waals surface area contributed by atoms with Crippen molar-refractivity contribution in [1.82, 2.24) is 5.32 Å². The quantitative estimate of drug-likeness (QED) is 0.761.